The number of hydrogen-bond donors (Lipinski definition) is 3. The average Bonchev–Trinajstić information content (AvgIpc) is 2.13. The van der Waals surface area contributed by atoms with Crippen molar-refractivity contribution in [1.82, 2.24) is 9.97 Å². The van der Waals surface area contributed by atoms with Crippen LogP contribution in [0.1, 0.15) is 0 Å². The Morgan fingerprint density at radius 3 is 2.18 bits per heavy atom. The van der Waals surface area contributed by atoms with Crippen LogP contribution in [0, 0.1) is 0 Å². The molecular weight excluding hydrogens is 292 g/mol. The first-order chi connectivity index (χ1) is 7.88. The molecule has 9 heteroatoms. The van der Waals surface area contributed by atoms with Crippen LogP contribution in [0.15, 0.2) is 10.7 Å². The monoisotopic (exact) mass is 302 g/mol. The van der Waals surface area contributed by atoms with Gasteiger partial charge in [0.2, 0.25) is 17.8 Å². The van der Waals surface area contributed by atoms with E-state index in [1.165, 1.54) is 11.0 Å². The van der Waals surface area contributed by atoms with Gasteiger partial charge in [0.25, 0.3) is 0 Å². The second-order valence-electron chi connectivity index (χ2n) is 3.20. The van der Waals surface area contributed by atoms with Crippen molar-refractivity contribution in [3.8, 4) is 0 Å². The fraction of sp³-hybridized carbons (Fsp3) is 0.250. The number of amides is 2. The van der Waals surface area contributed by atoms with Gasteiger partial charge in [0.1, 0.15) is 23.5 Å². The predicted octanol–water partition coefficient (Wildman–Crippen LogP) is -1.40. The molecule has 0 unspecified atom stereocenters. The number of carbonyl (C=O) groups excluding carboxylic acids is 2. The van der Waals surface area contributed by atoms with Crippen LogP contribution in [0.25, 0.3) is 0 Å². The summed E-state index contributed by atoms with van der Waals surface area (Å²) in [5, 5.41) is 0. The molecule has 8 nitrogen and oxygen atoms in total. The second kappa shape index (κ2) is 5.43. The Labute approximate surface area is 105 Å². The van der Waals surface area contributed by atoms with Gasteiger partial charge in [-0.1, -0.05) is 0 Å². The van der Waals surface area contributed by atoms with Crippen LogP contribution in [0.2, 0.25) is 0 Å². The van der Waals surface area contributed by atoms with E-state index in [9.17, 15) is 9.59 Å². The first kappa shape index (κ1) is 13.2. The van der Waals surface area contributed by atoms with Gasteiger partial charge in [0.15, 0.2) is 0 Å². The Balaban J connectivity index is 3.02. The molecule has 2 amide bonds. The van der Waals surface area contributed by atoms with E-state index < -0.39 is 11.8 Å². The molecule has 0 atom stereocenters. The molecule has 0 saturated carbocycles. The Morgan fingerprint density at radius 1 is 1.24 bits per heavy atom. The van der Waals surface area contributed by atoms with Crippen molar-refractivity contribution in [3.05, 3.63) is 10.7 Å². The highest BCUT2D eigenvalue weighted by molar-refractivity contribution is 9.10. The number of nitrogen functional groups attached to an aromatic ring is 1. The van der Waals surface area contributed by atoms with Crippen molar-refractivity contribution in [2.24, 2.45) is 11.5 Å². The lowest BCUT2D eigenvalue weighted by atomic mass is 10.4. The molecule has 1 aromatic rings. The summed E-state index contributed by atoms with van der Waals surface area (Å²) in [6.45, 7) is -0.447. The molecule has 6 N–H and O–H groups in total. The van der Waals surface area contributed by atoms with Crippen molar-refractivity contribution in [2.45, 2.75) is 0 Å². The number of halogens is 1. The standard InChI is InChI=1S/C8H11BrN6O2/c9-4-1-5(10)14-8(13-4)15(2-6(11)16)3-7(12)17/h1H,2-3H2,(H2,11,16)(H2,12,17)(H2,10,13,14). The number of nitrogens with two attached hydrogens (primary N) is 3. The highest BCUT2D eigenvalue weighted by Crippen LogP contribution is 2.15. The lowest BCUT2D eigenvalue weighted by Gasteiger charge is -2.19. The van der Waals surface area contributed by atoms with Crippen LogP contribution in [-0.2, 0) is 9.59 Å². The van der Waals surface area contributed by atoms with Crippen molar-refractivity contribution < 1.29 is 9.59 Å². The maximum atomic E-state index is 10.9. The highest BCUT2D eigenvalue weighted by atomic mass is 79.9. The summed E-state index contributed by atoms with van der Waals surface area (Å²) < 4.78 is 0.430. The zero-order valence-corrected chi connectivity index (χ0v) is 10.3. The van der Waals surface area contributed by atoms with E-state index in [0.29, 0.717) is 4.60 Å². The summed E-state index contributed by atoms with van der Waals surface area (Å²) in [5.41, 5.74) is 15.6. The maximum absolute atomic E-state index is 10.9. The van der Waals surface area contributed by atoms with E-state index in [0.717, 1.165) is 0 Å². The molecule has 0 aliphatic heterocycles. The minimum atomic E-state index is -0.631. The predicted molar refractivity (Wildman–Crippen MR) is 64.7 cm³/mol. The number of primary amides is 2. The normalized spacial score (nSPS) is 9.94. The van der Waals surface area contributed by atoms with Gasteiger partial charge in [0, 0.05) is 6.07 Å². The van der Waals surface area contributed by atoms with E-state index in [1.54, 1.807) is 0 Å². The molecule has 0 fully saturated rings. The number of carbonyl (C=O) groups is 2. The SMILES string of the molecule is NC(=O)CN(CC(N)=O)c1nc(N)cc(Br)n1. The summed E-state index contributed by atoms with van der Waals surface area (Å²) in [4.78, 5) is 30.8. The van der Waals surface area contributed by atoms with Gasteiger partial charge >= 0.3 is 0 Å². The molecule has 1 aromatic heterocycles. The van der Waals surface area contributed by atoms with Gasteiger partial charge in [0.05, 0.1) is 0 Å². The Bertz CT molecular complexity index is 415. The molecule has 1 rings (SSSR count). The molecule has 0 radical (unpaired) electrons. The van der Waals surface area contributed by atoms with E-state index in [-0.39, 0.29) is 24.9 Å². The molecule has 17 heavy (non-hydrogen) atoms. The van der Waals surface area contributed by atoms with Gasteiger partial charge in [-0.15, -0.1) is 0 Å². The van der Waals surface area contributed by atoms with E-state index in [4.69, 9.17) is 17.2 Å². The molecule has 0 spiro atoms. The topological polar surface area (TPSA) is 141 Å². The van der Waals surface area contributed by atoms with Gasteiger partial charge in [-0.3, -0.25) is 9.59 Å². The van der Waals surface area contributed by atoms with Gasteiger partial charge in [-0.25, -0.2) is 4.98 Å². The third-order valence-corrected chi connectivity index (χ3v) is 2.09. The first-order valence-electron chi connectivity index (χ1n) is 4.50. The van der Waals surface area contributed by atoms with Crippen LogP contribution < -0.4 is 22.1 Å². The fourth-order valence-corrected chi connectivity index (χ4v) is 1.53. The number of nitrogens with zero attached hydrogens (tertiary/aromatic N) is 3. The number of hydrogen-bond acceptors (Lipinski definition) is 6. The molecule has 0 aliphatic rings. The van der Waals surface area contributed by atoms with Crippen LogP contribution in [0.5, 0.6) is 0 Å². The molecule has 0 aliphatic carbocycles. The smallest absolute Gasteiger partial charge is 0.237 e. The third kappa shape index (κ3) is 4.23. The number of rotatable bonds is 5. The first-order valence-corrected chi connectivity index (χ1v) is 5.29. The Morgan fingerprint density at radius 2 is 1.76 bits per heavy atom. The zero-order chi connectivity index (χ0) is 13.0. The summed E-state index contributed by atoms with van der Waals surface area (Å²) in [6.07, 6.45) is 0. The minimum absolute atomic E-state index is 0.106. The third-order valence-electron chi connectivity index (χ3n) is 1.68. The quantitative estimate of drug-likeness (QED) is 0.571. The minimum Gasteiger partial charge on any atom is -0.383 e. The molecule has 0 aromatic carbocycles. The summed E-state index contributed by atoms with van der Waals surface area (Å²) in [7, 11) is 0. The largest absolute Gasteiger partial charge is 0.383 e. The molecule has 1 heterocycles. The Hall–Kier alpha value is -1.90. The van der Waals surface area contributed by atoms with Gasteiger partial charge in [-0.05, 0) is 15.9 Å². The van der Waals surface area contributed by atoms with Crippen LogP contribution in [0.3, 0.4) is 0 Å². The summed E-state index contributed by atoms with van der Waals surface area (Å²) >= 11 is 3.12. The van der Waals surface area contributed by atoms with E-state index in [2.05, 4.69) is 25.9 Å². The molecule has 0 saturated heterocycles. The fourth-order valence-electron chi connectivity index (χ4n) is 1.14. The lowest BCUT2D eigenvalue weighted by molar-refractivity contribution is -0.117. The van der Waals surface area contributed by atoms with Gasteiger partial charge < -0.3 is 22.1 Å². The zero-order valence-electron chi connectivity index (χ0n) is 8.76. The molecule has 92 valence electrons. The van der Waals surface area contributed by atoms with Crippen LogP contribution >= 0.6 is 15.9 Å². The highest BCUT2D eigenvalue weighted by Gasteiger charge is 2.15. The number of anilines is 2. The molecular formula is C8H11BrN6O2. The van der Waals surface area contributed by atoms with Crippen molar-refractivity contribution in [2.75, 3.05) is 23.7 Å². The maximum Gasteiger partial charge on any atom is 0.237 e. The van der Waals surface area contributed by atoms with Crippen molar-refractivity contribution in [3.63, 3.8) is 0 Å². The van der Waals surface area contributed by atoms with Crippen molar-refractivity contribution in [1.29, 1.82) is 0 Å². The van der Waals surface area contributed by atoms with Crippen LogP contribution in [0.4, 0.5) is 11.8 Å². The Kier molecular flexibility index (Phi) is 4.21. The van der Waals surface area contributed by atoms with Gasteiger partial charge in [-0.2, -0.15) is 4.98 Å². The van der Waals surface area contributed by atoms with Crippen molar-refractivity contribution >= 4 is 39.5 Å². The second-order valence-corrected chi connectivity index (χ2v) is 4.02. The molecule has 0 bridgehead atoms. The average molecular weight is 303 g/mol. The summed E-state index contributed by atoms with van der Waals surface area (Å²) in [5.74, 6) is -0.961. The van der Waals surface area contributed by atoms with E-state index >= 15 is 0 Å². The summed E-state index contributed by atoms with van der Waals surface area (Å²) in [6, 6.07) is 1.48. The lowest BCUT2D eigenvalue weighted by Crippen LogP contribution is -2.40. The van der Waals surface area contributed by atoms with Crippen LogP contribution in [-0.4, -0.2) is 34.9 Å². The van der Waals surface area contributed by atoms with E-state index in [1.807, 2.05) is 0 Å². The number of aromatic nitrogens is 2.